The summed E-state index contributed by atoms with van der Waals surface area (Å²) in [5.74, 6) is 0.356. The van der Waals surface area contributed by atoms with Crippen LogP contribution in [0.2, 0.25) is 0 Å². The molecule has 2 fully saturated rings. The molecule has 3 unspecified atom stereocenters. The molecule has 1 aromatic rings. The Labute approximate surface area is 131 Å². The summed E-state index contributed by atoms with van der Waals surface area (Å²) in [5, 5.41) is 0.115. The van der Waals surface area contributed by atoms with Gasteiger partial charge >= 0.3 is 0 Å². The van der Waals surface area contributed by atoms with Crippen molar-refractivity contribution in [2.24, 2.45) is 13.0 Å². The maximum Gasteiger partial charge on any atom is 0.262 e. The van der Waals surface area contributed by atoms with Crippen molar-refractivity contribution >= 4 is 10.0 Å². The molecule has 1 aliphatic carbocycles. The number of morpholine rings is 1. The van der Waals surface area contributed by atoms with Crippen molar-refractivity contribution in [2.75, 3.05) is 26.4 Å². The Balaban J connectivity index is 1.79. The lowest BCUT2D eigenvalue weighted by Gasteiger charge is -2.35. The molecule has 1 aliphatic heterocycles. The van der Waals surface area contributed by atoms with Crippen molar-refractivity contribution in [3.05, 3.63) is 12.5 Å². The van der Waals surface area contributed by atoms with Crippen molar-refractivity contribution < 1.29 is 17.9 Å². The van der Waals surface area contributed by atoms with Crippen LogP contribution in [0.1, 0.15) is 19.8 Å². The zero-order valence-electron chi connectivity index (χ0n) is 13.0. The lowest BCUT2D eigenvalue weighted by atomic mass is 10.1. The van der Waals surface area contributed by atoms with Crippen LogP contribution in [0, 0.1) is 5.92 Å². The number of aromatic nitrogens is 2. The third kappa shape index (κ3) is 2.92. The van der Waals surface area contributed by atoms with Gasteiger partial charge in [0.15, 0.2) is 5.03 Å². The molecule has 2 heterocycles. The van der Waals surface area contributed by atoms with Crippen LogP contribution in [0.15, 0.2) is 17.6 Å². The van der Waals surface area contributed by atoms with Crippen LogP contribution in [0.5, 0.6) is 0 Å². The van der Waals surface area contributed by atoms with Crippen molar-refractivity contribution in [2.45, 2.75) is 36.9 Å². The highest BCUT2D eigenvalue weighted by Crippen LogP contribution is 2.36. The number of rotatable bonds is 5. The maximum atomic E-state index is 12.8. The van der Waals surface area contributed by atoms with Crippen molar-refractivity contribution in [3.63, 3.8) is 0 Å². The van der Waals surface area contributed by atoms with E-state index in [0.29, 0.717) is 32.3 Å². The number of ether oxygens (including phenoxy) is 2. The molecule has 1 saturated heterocycles. The molecule has 22 heavy (non-hydrogen) atoms. The number of nitrogens with zero attached hydrogens (tertiary/aromatic N) is 3. The van der Waals surface area contributed by atoms with E-state index in [0.717, 1.165) is 12.8 Å². The Bertz CT molecular complexity index is 615. The molecule has 8 heteroatoms. The average molecular weight is 329 g/mol. The van der Waals surface area contributed by atoms with Crippen LogP contribution >= 0.6 is 0 Å². The Morgan fingerprint density at radius 2 is 2.27 bits per heavy atom. The molecule has 0 radical (unpaired) electrons. The van der Waals surface area contributed by atoms with Gasteiger partial charge < -0.3 is 14.0 Å². The fourth-order valence-electron chi connectivity index (χ4n) is 3.38. The van der Waals surface area contributed by atoms with E-state index in [4.69, 9.17) is 9.47 Å². The first-order valence-corrected chi connectivity index (χ1v) is 9.15. The van der Waals surface area contributed by atoms with E-state index in [9.17, 15) is 8.42 Å². The molecule has 0 N–H and O–H groups in total. The van der Waals surface area contributed by atoms with Crippen LogP contribution in [0.3, 0.4) is 0 Å². The number of fused-ring (bicyclic) bond motifs is 1. The minimum Gasteiger partial charge on any atom is -0.381 e. The van der Waals surface area contributed by atoms with Gasteiger partial charge in [0.2, 0.25) is 0 Å². The highest BCUT2D eigenvalue weighted by Gasteiger charge is 2.46. The predicted octanol–water partition coefficient (Wildman–Crippen LogP) is 0.625. The summed E-state index contributed by atoms with van der Waals surface area (Å²) in [6.45, 7) is 4.15. The SMILES string of the molecule is CCOCC1CC2OCCN(S(=O)(=O)c3cn(C)cn3)C2C1. The van der Waals surface area contributed by atoms with E-state index in [2.05, 4.69) is 4.98 Å². The quantitative estimate of drug-likeness (QED) is 0.792. The van der Waals surface area contributed by atoms with Gasteiger partial charge in [-0.2, -0.15) is 4.31 Å². The lowest BCUT2D eigenvalue weighted by Crippen LogP contribution is -2.51. The molecule has 124 valence electrons. The molecule has 1 aromatic heterocycles. The zero-order valence-corrected chi connectivity index (χ0v) is 13.8. The predicted molar refractivity (Wildman–Crippen MR) is 79.8 cm³/mol. The van der Waals surface area contributed by atoms with Crippen LogP contribution in [-0.4, -0.2) is 60.8 Å². The summed E-state index contributed by atoms with van der Waals surface area (Å²) in [6.07, 6.45) is 4.68. The van der Waals surface area contributed by atoms with Gasteiger partial charge in [-0.15, -0.1) is 0 Å². The summed E-state index contributed by atoms with van der Waals surface area (Å²) < 4.78 is 40.2. The largest absolute Gasteiger partial charge is 0.381 e. The van der Waals surface area contributed by atoms with Crippen LogP contribution in [-0.2, 0) is 26.5 Å². The molecule has 2 aliphatic rings. The number of sulfonamides is 1. The summed E-state index contributed by atoms with van der Waals surface area (Å²) in [5.41, 5.74) is 0. The van der Waals surface area contributed by atoms with Crippen molar-refractivity contribution in [1.82, 2.24) is 13.9 Å². The number of hydrogen-bond acceptors (Lipinski definition) is 5. The van der Waals surface area contributed by atoms with Crippen molar-refractivity contribution in [3.8, 4) is 0 Å². The second-order valence-corrected chi connectivity index (χ2v) is 7.80. The molecule has 0 amide bonds. The second kappa shape index (κ2) is 6.27. The van der Waals surface area contributed by atoms with Gasteiger partial charge in [-0.05, 0) is 25.7 Å². The molecule has 7 nitrogen and oxygen atoms in total. The van der Waals surface area contributed by atoms with Gasteiger partial charge in [0.05, 0.1) is 25.1 Å². The van der Waals surface area contributed by atoms with E-state index >= 15 is 0 Å². The Hall–Kier alpha value is -0.960. The molecule has 1 saturated carbocycles. The molecular formula is C14H23N3O4S. The highest BCUT2D eigenvalue weighted by atomic mass is 32.2. The van der Waals surface area contributed by atoms with Gasteiger partial charge in [-0.25, -0.2) is 13.4 Å². The van der Waals surface area contributed by atoms with Gasteiger partial charge in [0.25, 0.3) is 10.0 Å². The van der Waals surface area contributed by atoms with Gasteiger partial charge in [-0.3, -0.25) is 0 Å². The van der Waals surface area contributed by atoms with E-state index in [1.54, 1.807) is 22.1 Å². The first kappa shape index (κ1) is 15.9. The molecular weight excluding hydrogens is 306 g/mol. The fourth-order valence-corrected chi connectivity index (χ4v) is 4.99. The topological polar surface area (TPSA) is 73.7 Å². The van der Waals surface area contributed by atoms with Gasteiger partial charge in [-0.1, -0.05) is 0 Å². The van der Waals surface area contributed by atoms with Crippen molar-refractivity contribution in [1.29, 1.82) is 0 Å². The Morgan fingerprint density at radius 3 is 2.95 bits per heavy atom. The van der Waals surface area contributed by atoms with E-state index in [-0.39, 0.29) is 17.2 Å². The smallest absolute Gasteiger partial charge is 0.262 e. The summed E-state index contributed by atoms with van der Waals surface area (Å²) >= 11 is 0. The highest BCUT2D eigenvalue weighted by molar-refractivity contribution is 7.89. The molecule has 0 aromatic carbocycles. The van der Waals surface area contributed by atoms with E-state index in [1.807, 2.05) is 6.92 Å². The molecule has 0 bridgehead atoms. The monoisotopic (exact) mass is 329 g/mol. The first-order valence-electron chi connectivity index (χ1n) is 7.71. The third-order valence-electron chi connectivity index (χ3n) is 4.40. The Kier molecular flexibility index (Phi) is 4.54. The summed E-state index contributed by atoms with van der Waals surface area (Å²) in [6, 6.07) is -0.105. The summed E-state index contributed by atoms with van der Waals surface area (Å²) in [7, 11) is -1.79. The summed E-state index contributed by atoms with van der Waals surface area (Å²) in [4.78, 5) is 4.01. The van der Waals surface area contributed by atoms with E-state index < -0.39 is 10.0 Å². The first-order chi connectivity index (χ1) is 10.5. The molecule has 0 spiro atoms. The third-order valence-corrected chi connectivity index (χ3v) is 6.21. The van der Waals surface area contributed by atoms with Crippen LogP contribution < -0.4 is 0 Å². The lowest BCUT2D eigenvalue weighted by molar-refractivity contribution is -0.0252. The number of imidazole rings is 1. The normalized spacial score (nSPS) is 29.6. The van der Waals surface area contributed by atoms with Crippen LogP contribution in [0.25, 0.3) is 0 Å². The van der Waals surface area contributed by atoms with E-state index in [1.165, 1.54) is 6.33 Å². The standard InChI is InChI=1S/C14H23N3O4S/c1-3-20-9-11-6-12-13(7-11)21-5-4-17(12)22(18,19)14-8-16(2)10-15-14/h8,10-13H,3-7,9H2,1-2H3. The zero-order chi connectivity index (χ0) is 15.7. The number of hydrogen-bond donors (Lipinski definition) is 0. The van der Waals surface area contributed by atoms with Gasteiger partial charge in [0, 0.05) is 33.0 Å². The molecule has 3 atom stereocenters. The maximum absolute atomic E-state index is 12.8. The van der Waals surface area contributed by atoms with Crippen LogP contribution in [0.4, 0.5) is 0 Å². The Morgan fingerprint density at radius 1 is 1.45 bits per heavy atom. The average Bonchev–Trinajstić information content (AvgIpc) is 3.10. The molecule has 3 rings (SSSR count). The minimum absolute atomic E-state index is 0.0299. The minimum atomic E-state index is -3.56. The number of aryl methyl sites for hydroxylation is 1. The van der Waals surface area contributed by atoms with Gasteiger partial charge in [0.1, 0.15) is 0 Å². The fraction of sp³-hybridized carbons (Fsp3) is 0.786. The second-order valence-electron chi connectivity index (χ2n) is 5.97.